The van der Waals surface area contributed by atoms with E-state index in [9.17, 15) is 4.79 Å². The van der Waals surface area contributed by atoms with E-state index in [1.54, 1.807) is 24.1 Å². The van der Waals surface area contributed by atoms with E-state index < -0.39 is 0 Å². The lowest BCUT2D eigenvalue weighted by Gasteiger charge is -2.16. The maximum Gasteiger partial charge on any atom is 0.231 e. The SMILES string of the molecule is CN(C(=O)CCCl)c1ccc2c(c1)OCO2. The molecule has 0 spiro atoms. The second kappa shape index (κ2) is 4.61. The van der Waals surface area contributed by atoms with E-state index in [2.05, 4.69) is 0 Å². The predicted octanol–water partition coefficient (Wildman–Crippen LogP) is 2.01. The van der Waals surface area contributed by atoms with Gasteiger partial charge in [-0.25, -0.2) is 0 Å². The van der Waals surface area contributed by atoms with Crippen LogP contribution in [0.25, 0.3) is 0 Å². The van der Waals surface area contributed by atoms with Gasteiger partial charge < -0.3 is 14.4 Å². The summed E-state index contributed by atoms with van der Waals surface area (Å²) < 4.78 is 10.4. The second-order valence-corrected chi connectivity index (χ2v) is 3.81. The summed E-state index contributed by atoms with van der Waals surface area (Å²) in [5.74, 6) is 1.69. The van der Waals surface area contributed by atoms with Crippen molar-refractivity contribution in [2.75, 3.05) is 24.6 Å². The average Bonchev–Trinajstić information content (AvgIpc) is 2.75. The summed E-state index contributed by atoms with van der Waals surface area (Å²) in [7, 11) is 1.71. The Morgan fingerprint density at radius 3 is 2.94 bits per heavy atom. The van der Waals surface area contributed by atoms with Gasteiger partial charge in [0.1, 0.15) is 0 Å². The molecule has 0 saturated heterocycles. The summed E-state index contributed by atoms with van der Waals surface area (Å²) in [6, 6.07) is 5.40. The molecule has 0 saturated carbocycles. The van der Waals surface area contributed by atoms with Gasteiger partial charge in [-0.15, -0.1) is 11.6 Å². The first kappa shape index (κ1) is 11.1. The monoisotopic (exact) mass is 241 g/mol. The Hall–Kier alpha value is -1.42. The van der Waals surface area contributed by atoms with Crippen molar-refractivity contribution in [3.63, 3.8) is 0 Å². The maximum atomic E-state index is 11.6. The van der Waals surface area contributed by atoms with Gasteiger partial charge in [-0.05, 0) is 12.1 Å². The molecule has 0 radical (unpaired) electrons. The van der Waals surface area contributed by atoms with Crippen LogP contribution in [0, 0.1) is 0 Å². The van der Waals surface area contributed by atoms with Crippen LogP contribution in [-0.4, -0.2) is 25.6 Å². The summed E-state index contributed by atoms with van der Waals surface area (Å²) in [6.07, 6.45) is 0.326. The van der Waals surface area contributed by atoms with E-state index in [-0.39, 0.29) is 12.7 Å². The highest BCUT2D eigenvalue weighted by atomic mass is 35.5. The van der Waals surface area contributed by atoms with Crippen LogP contribution >= 0.6 is 11.6 Å². The van der Waals surface area contributed by atoms with E-state index in [0.29, 0.717) is 23.8 Å². The standard InChI is InChI=1S/C11H12ClNO3/c1-13(11(14)4-5-12)8-2-3-9-10(6-8)16-7-15-9/h2-3,6H,4-5,7H2,1H3. The molecule has 5 heteroatoms. The average molecular weight is 242 g/mol. The molecule has 1 aromatic carbocycles. The highest BCUT2D eigenvalue weighted by Gasteiger charge is 2.16. The van der Waals surface area contributed by atoms with Gasteiger partial charge >= 0.3 is 0 Å². The Labute approximate surface area is 98.7 Å². The van der Waals surface area contributed by atoms with Crippen molar-refractivity contribution in [3.05, 3.63) is 18.2 Å². The van der Waals surface area contributed by atoms with E-state index in [1.807, 2.05) is 6.07 Å². The van der Waals surface area contributed by atoms with Crippen LogP contribution in [-0.2, 0) is 4.79 Å². The molecule has 2 rings (SSSR count). The summed E-state index contributed by atoms with van der Waals surface area (Å²) in [6.45, 7) is 0.234. The number of amides is 1. The molecule has 0 bridgehead atoms. The molecular formula is C11H12ClNO3. The fourth-order valence-electron chi connectivity index (χ4n) is 1.49. The third-order valence-corrected chi connectivity index (χ3v) is 2.61. The second-order valence-electron chi connectivity index (χ2n) is 3.43. The number of hydrogen-bond acceptors (Lipinski definition) is 3. The third-order valence-electron chi connectivity index (χ3n) is 2.43. The number of anilines is 1. The first-order valence-electron chi connectivity index (χ1n) is 4.94. The first-order valence-corrected chi connectivity index (χ1v) is 5.48. The molecule has 1 aliphatic rings. The number of halogens is 1. The molecule has 1 aliphatic heterocycles. The molecular weight excluding hydrogens is 230 g/mol. The zero-order chi connectivity index (χ0) is 11.5. The van der Waals surface area contributed by atoms with Crippen LogP contribution in [0.15, 0.2) is 18.2 Å². The Balaban J connectivity index is 2.18. The van der Waals surface area contributed by atoms with Crippen molar-refractivity contribution < 1.29 is 14.3 Å². The molecule has 1 heterocycles. The van der Waals surface area contributed by atoms with Gasteiger partial charge in [0, 0.05) is 31.1 Å². The molecule has 1 amide bonds. The Bertz CT molecular complexity index is 408. The molecule has 1 aromatic rings. The van der Waals surface area contributed by atoms with Crippen molar-refractivity contribution in [1.82, 2.24) is 0 Å². The normalized spacial score (nSPS) is 12.6. The lowest BCUT2D eigenvalue weighted by Crippen LogP contribution is -2.26. The number of carbonyl (C=O) groups is 1. The number of hydrogen-bond donors (Lipinski definition) is 0. The maximum absolute atomic E-state index is 11.6. The van der Waals surface area contributed by atoms with Gasteiger partial charge in [0.25, 0.3) is 0 Å². The number of fused-ring (bicyclic) bond motifs is 1. The summed E-state index contributed by atoms with van der Waals surface area (Å²) in [5.41, 5.74) is 0.777. The van der Waals surface area contributed by atoms with Gasteiger partial charge in [-0.2, -0.15) is 0 Å². The van der Waals surface area contributed by atoms with Crippen molar-refractivity contribution in [3.8, 4) is 11.5 Å². The minimum atomic E-state index is -0.0196. The van der Waals surface area contributed by atoms with Crippen molar-refractivity contribution in [2.45, 2.75) is 6.42 Å². The Morgan fingerprint density at radius 2 is 2.19 bits per heavy atom. The van der Waals surface area contributed by atoms with Crippen LogP contribution in [0.2, 0.25) is 0 Å². The summed E-state index contributed by atoms with van der Waals surface area (Å²) >= 11 is 5.53. The highest BCUT2D eigenvalue weighted by Crippen LogP contribution is 2.35. The van der Waals surface area contributed by atoms with Crippen molar-refractivity contribution in [1.29, 1.82) is 0 Å². The number of benzene rings is 1. The molecule has 4 nitrogen and oxygen atoms in total. The number of carbonyl (C=O) groups excluding carboxylic acids is 1. The van der Waals surface area contributed by atoms with Crippen LogP contribution in [0.1, 0.15) is 6.42 Å². The van der Waals surface area contributed by atoms with Crippen LogP contribution in [0.3, 0.4) is 0 Å². The van der Waals surface area contributed by atoms with Crippen molar-refractivity contribution in [2.24, 2.45) is 0 Å². The molecule has 0 N–H and O–H groups in total. The first-order chi connectivity index (χ1) is 7.72. The van der Waals surface area contributed by atoms with Gasteiger partial charge in [0.05, 0.1) is 0 Å². The number of nitrogens with zero attached hydrogens (tertiary/aromatic N) is 1. The summed E-state index contributed by atoms with van der Waals surface area (Å²) in [4.78, 5) is 13.2. The van der Waals surface area contributed by atoms with Gasteiger partial charge in [0.15, 0.2) is 11.5 Å². The van der Waals surface area contributed by atoms with Gasteiger partial charge in [0.2, 0.25) is 12.7 Å². The molecule has 86 valence electrons. The molecule has 0 aliphatic carbocycles. The van der Waals surface area contributed by atoms with Crippen LogP contribution in [0.5, 0.6) is 11.5 Å². The molecule has 0 unspecified atom stereocenters. The molecule has 0 aromatic heterocycles. The lowest BCUT2D eigenvalue weighted by atomic mass is 10.2. The van der Waals surface area contributed by atoms with E-state index in [4.69, 9.17) is 21.1 Å². The Morgan fingerprint density at radius 1 is 1.44 bits per heavy atom. The number of ether oxygens (including phenoxy) is 2. The summed E-state index contributed by atoms with van der Waals surface area (Å²) in [5, 5.41) is 0. The van der Waals surface area contributed by atoms with Crippen LogP contribution < -0.4 is 14.4 Å². The molecule has 16 heavy (non-hydrogen) atoms. The van der Waals surface area contributed by atoms with Gasteiger partial charge in [-0.3, -0.25) is 4.79 Å². The fourth-order valence-corrected chi connectivity index (χ4v) is 1.65. The molecule has 0 atom stereocenters. The third kappa shape index (κ3) is 2.07. The van der Waals surface area contributed by atoms with E-state index >= 15 is 0 Å². The highest BCUT2D eigenvalue weighted by molar-refractivity contribution is 6.19. The van der Waals surface area contributed by atoms with E-state index in [1.165, 1.54) is 0 Å². The minimum Gasteiger partial charge on any atom is -0.454 e. The zero-order valence-corrected chi connectivity index (χ0v) is 9.66. The largest absolute Gasteiger partial charge is 0.454 e. The molecule has 0 fully saturated rings. The smallest absolute Gasteiger partial charge is 0.231 e. The minimum absolute atomic E-state index is 0.0196. The van der Waals surface area contributed by atoms with Crippen LogP contribution in [0.4, 0.5) is 5.69 Å². The predicted molar refractivity (Wildman–Crippen MR) is 61.3 cm³/mol. The Kier molecular flexibility index (Phi) is 3.19. The number of rotatable bonds is 3. The quantitative estimate of drug-likeness (QED) is 0.760. The van der Waals surface area contributed by atoms with E-state index in [0.717, 1.165) is 5.69 Å². The zero-order valence-electron chi connectivity index (χ0n) is 8.90. The van der Waals surface area contributed by atoms with Crippen molar-refractivity contribution >= 4 is 23.2 Å². The lowest BCUT2D eigenvalue weighted by molar-refractivity contribution is -0.117. The fraction of sp³-hybridized carbons (Fsp3) is 0.364. The topological polar surface area (TPSA) is 38.8 Å². The van der Waals surface area contributed by atoms with Gasteiger partial charge in [-0.1, -0.05) is 0 Å². The number of alkyl halides is 1.